The van der Waals surface area contributed by atoms with Crippen molar-refractivity contribution in [3.05, 3.63) is 58.9 Å². The SMILES string of the molecule is Cc1ccc(-c2nc3c(C)cccn3c2CC(=O)NC2CCCCCC2)cc1C. The molecule has 1 aliphatic rings. The van der Waals surface area contributed by atoms with Crippen LogP contribution in [0.4, 0.5) is 0 Å². The van der Waals surface area contributed by atoms with Gasteiger partial charge < -0.3 is 9.72 Å². The molecule has 4 rings (SSSR count). The van der Waals surface area contributed by atoms with Crippen LogP contribution in [0.3, 0.4) is 0 Å². The van der Waals surface area contributed by atoms with Crippen molar-refractivity contribution in [1.29, 1.82) is 0 Å². The maximum atomic E-state index is 13.0. The van der Waals surface area contributed by atoms with Crippen LogP contribution in [0.25, 0.3) is 16.9 Å². The fourth-order valence-electron chi connectivity index (χ4n) is 4.40. The van der Waals surface area contributed by atoms with E-state index < -0.39 is 0 Å². The summed E-state index contributed by atoms with van der Waals surface area (Å²) in [5, 5.41) is 3.30. The molecule has 1 N–H and O–H groups in total. The maximum absolute atomic E-state index is 13.0. The molecule has 4 heteroatoms. The Labute approximate surface area is 173 Å². The lowest BCUT2D eigenvalue weighted by Gasteiger charge is -2.16. The Morgan fingerprint density at radius 1 is 1.03 bits per heavy atom. The molecule has 3 aromatic rings. The van der Waals surface area contributed by atoms with Crippen molar-refractivity contribution in [2.24, 2.45) is 0 Å². The number of hydrogen-bond acceptors (Lipinski definition) is 2. The Morgan fingerprint density at radius 2 is 1.79 bits per heavy atom. The molecular weight excluding hydrogens is 358 g/mol. The molecule has 1 fully saturated rings. The van der Waals surface area contributed by atoms with Gasteiger partial charge in [0, 0.05) is 17.8 Å². The first-order chi connectivity index (χ1) is 14.0. The topological polar surface area (TPSA) is 46.4 Å². The second kappa shape index (κ2) is 8.40. The van der Waals surface area contributed by atoms with Gasteiger partial charge in [0.1, 0.15) is 5.65 Å². The van der Waals surface area contributed by atoms with E-state index >= 15 is 0 Å². The normalized spacial score (nSPS) is 15.4. The van der Waals surface area contributed by atoms with E-state index in [4.69, 9.17) is 4.98 Å². The van der Waals surface area contributed by atoms with E-state index in [9.17, 15) is 4.79 Å². The number of fused-ring (bicyclic) bond motifs is 1. The predicted octanol–water partition coefficient (Wildman–Crippen LogP) is 5.31. The first-order valence-corrected chi connectivity index (χ1v) is 10.9. The summed E-state index contributed by atoms with van der Waals surface area (Å²) in [5.74, 6) is 0.102. The van der Waals surface area contributed by atoms with E-state index in [0.717, 1.165) is 41.0 Å². The fourth-order valence-corrected chi connectivity index (χ4v) is 4.40. The molecule has 1 aliphatic carbocycles. The number of carbonyl (C=O) groups excluding carboxylic acids is 1. The summed E-state index contributed by atoms with van der Waals surface area (Å²) in [6.45, 7) is 6.31. The zero-order chi connectivity index (χ0) is 20.4. The first-order valence-electron chi connectivity index (χ1n) is 10.9. The van der Waals surface area contributed by atoms with Gasteiger partial charge in [-0.25, -0.2) is 4.98 Å². The third-order valence-electron chi connectivity index (χ3n) is 6.27. The molecule has 0 atom stereocenters. The number of nitrogens with zero attached hydrogens (tertiary/aromatic N) is 2. The van der Waals surface area contributed by atoms with Gasteiger partial charge in [-0.15, -0.1) is 0 Å². The molecule has 0 radical (unpaired) electrons. The minimum absolute atomic E-state index is 0.102. The highest BCUT2D eigenvalue weighted by Gasteiger charge is 2.20. The van der Waals surface area contributed by atoms with Gasteiger partial charge in [-0.1, -0.05) is 43.9 Å². The Balaban J connectivity index is 1.69. The van der Waals surface area contributed by atoms with Crippen molar-refractivity contribution in [3.63, 3.8) is 0 Å². The number of rotatable bonds is 4. The molecule has 4 nitrogen and oxygen atoms in total. The average Bonchev–Trinajstić information content (AvgIpc) is 2.87. The summed E-state index contributed by atoms with van der Waals surface area (Å²) in [4.78, 5) is 17.9. The van der Waals surface area contributed by atoms with Gasteiger partial charge in [0.2, 0.25) is 5.91 Å². The second-order valence-electron chi connectivity index (χ2n) is 8.52. The Morgan fingerprint density at radius 3 is 2.52 bits per heavy atom. The van der Waals surface area contributed by atoms with Crippen molar-refractivity contribution in [3.8, 4) is 11.3 Å². The van der Waals surface area contributed by atoms with Crippen LogP contribution in [-0.4, -0.2) is 21.3 Å². The van der Waals surface area contributed by atoms with Crippen LogP contribution in [-0.2, 0) is 11.2 Å². The Hall–Kier alpha value is -2.62. The molecule has 1 amide bonds. The van der Waals surface area contributed by atoms with Crippen molar-refractivity contribution in [2.75, 3.05) is 0 Å². The summed E-state index contributed by atoms with van der Waals surface area (Å²) in [6.07, 6.45) is 9.58. The minimum atomic E-state index is 0.102. The Bertz CT molecular complexity index is 1030. The third kappa shape index (κ3) is 4.21. The zero-order valence-electron chi connectivity index (χ0n) is 17.8. The van der Waals surface area contributed by atoms with Crippen LogP contribution in [0.2, 0.25) is 0 Å². The molecule has 0 unspecified atom stereocenters. The van der Waals surface area contributed by atoms with Crippen molar-refractivity contribution in [2.45, 2.75) is 71.8 Å². The number of aromatic nitrogens is 2. The van der Waals surface area contributed by atoms with Crippen LogP contribution in [0.5, 0.6) is 0 Å². The van der Waals surface area contributed by atoms with Gasteiger partial charge in [0.15, 0.2) is 0 Å². The smallest absolute Gasteiger partial charge is 0.226 e. The number of nitrogens with one attached hydrogen (secondary N) is 1. The van der Waals surface area contributed by atoms with Crippen molar-refractivity contribution >= 4 is 11.6 Å². The highest BCUT2D eigenvalue weighted by Crippen LogP contribution is 2.28. The molecule has 0 spiro atoms. The van der Waals surface area contributed by atoms with Crippen LogP contribution >= 0.6 is 0 Å². The number of pyridine rings is 1. The van der Waals surface area contributed by atoms with Gasteiger partial charge in [0.05, 0.1) is 17.8 Å². The molecule has 2 heterocycles. The first kappa shape index (κ1) is 19.7. The molecule has 152 valence electrons. The summed E-state index contributed by atoms with van der Waals surface area (Å²) in [7, 11) is 0. The quantitative estimate of drug-likeness (QED) is 0.615. The maximum Gasteiger partial charge on any atom is 0.226 e. The Kier molecular flexibility index (Phi) is 5.70. The standard InChI is InChI=1S/C25H31N3O/c1-17-12-13-20(15-19(17)3)24-22(28-14-8-9-18(2)25(28)27-24)16-23(29)26-21-10-6-4-5-7-11-21/h8-9,12-15,21H,4-7,10-11,16H2,1-3H3,(H,26,29). The molecule has 0 bridgehead atoms. The van der Waals surface area contributed by atoms with Crippen LogP contribution < -0.4 is 5.32 Å². The number of benzene rings is 1. The highest BCUT2D eigenvalue weighted by atomic mass is 16.1. The minimum Gasteiger partial charge on any atom is -0.353 e. The molecule has 1 saturated carbocycles. The van der Waals surface area contributed by atoms with Gasteiger partial charge in [-0.05, 0) is 62.4 Å². The zero-order valence-corrected chi connectivity index (χ0v) is 17.8. The molecule has 1 aromatic carbocycles. The van der Waals surface area contributed by atoms with Crippen LogP contribution in [0, 0.1) is 20.8 Å². The number of carbonyl (C=O) groups is 1. The summed E-state index contributed by atoms with van der Waals surface area (Å²) >= 11 is 0. The monoisotopic (exact) mass is 389 g/mol. The number of imidazole rings is 1. The largest absolute Gasteiger partial charge is 0.353 e. The average molecular weight is 390 g/mol. The molecule has 0 aliphatic heterocycles. The number of amides is 1. The van der Waals surface area contributed by atoms with Crippen molar-refractivity contribution in [1.82, 2.24) is 14.7 Å². The molecule has 0 saturated heterocycles. The number of aryl methyl sites for hydroxylation is 3. The van der Waals surface area contributed by atoms with Gasteiger partial charge in [-0.2, -0.15) is 0 Å². The van der Waals surface area contributed by atoms with E-state index in [2.05, 4.69) is 54.8 Å². The van der Waals surface area contributed by atoms with Crippen molar-refractivity contribution < 1.29 is 4.79 Å². The predicted molar refractivity (Wildman–Crippen MR) is 118 cm³/mol. The summed E-state index contributed by atoms with van der Waals surface area (Å²) in [5.41, 5.74) is 7.52. The summed E-state index contributed by atoms with van der Waals surface area (Å²) < 4.78 is 2.09. The highest BCUT2D eigenvalue weighted by molar-refractivity contribution is 5.82. The molecular formula is C25H31N3O. The van der Waals surface area contributed by atoms with Gasteiger partial charge in [-0.3, -0.25) is 4.79 Å². The lowest BCUT2D eigenvalue weighted by atomic mass is 10.0. The lowest BCUT2D eigenvalue weighted by Crippen LogP contribution is -2.35. The van der Waals surface area contributed by atoms with Crippen LogP contribution in [0.1, 0.15) is 60.9 Å². The lowest BCUT2D eigenvalue weighted by molar-refractivity contribution is -0.121. The molecule has 29 heavy (non-hydrogen) atoms. The van der Waals surface area contributed by atoms with Gasteiger partial charge in [0.25, 0.3) is 0 Å². The van der Waals surface area contributed by atoms with E-state index in [1.165, 1.54) is 36.8 Å². The van der Waals surface area contributed by atoms with E-state index in [0.29, 0.717) is 12.5 Å². The fraction of sp³-hybridized carbons (Fsp3) is 0.440. The van der Waals surface area contributed by atoms with E-state index in [1.54, 1.807) is 0 Å². The van der Waals surface area contributed by atoms with E-state index in [-0.39, 0.29) is 5.91 Å². The van der Waals surface area contributed by atoms with Gasteiger partial charge >= 0.3 is 0 Å². The summed E-state index contributed by atoms with van der Waals surface area (Å²) in [6, 6.07) is 10.8. The molecule has 2 aromatic heterocycles. The van der Waals surface area contributed by atoms with Crippen LogP contribution in [0.15, 0.2) is 36.5 Å². The van der Waals surface area contributed by atoms with E-state index in [1.807, 2.05) is 12.3 Å². The second-order valence-corrected chi connectivity index (χ2v) is 8.52. The third-order valence-corrected chi connectivity index (χ3v) is 6.27. The number of hydrogen-bond donors (Lipinski definition) is 1.